The first-order valence-corrected chi connectivity index (χ1v) is 10.8. The number of nitrogens with one attached hydrogen (secondary N) is 2. The monoisotopic (exact) mass is 439 g/mol. The Bertz CT molecular complexity index is 1040. The van der Waals surface area contributed by atoms with Gasteiger partial charge in [-0.05, 0) is 55.8 Å². The van der Waals surface area contributed by atoms with Crippen molar-refractivity contribution >= 4 is 46.7 Å². The summed E-state index contributed by atoms with van der Waals surface area (Å²) in [5.74, 6) is 0.161. The molecule has 0 radical (unpaired) electrons. The van der Waals surface area contributed by atoms with E-state index in [4.69, 9.17) is 11.6 Å². The topological polar surface area (TPSA) is 71.1 Å². The third-order valence-electron chi connectivity index (χ3n) is 4.29. The number of halogens is 1. The van der Waals surface area contributed by atoms with E-state index in [1.54, 1.807) is 18.2 Å². The molecule has 1 aromatic heterocycles. The highest BCUT2D eigenvalue weighted by atomic mass is 35.5. The van der Waals surface area contributed by atoms with E-state index in [0.29, 0.717) is 28.5 Å². The predicted molar refractivity (Wildman–Crippen MR) is 123 cm³/mol. The van der Waals surface area contributed by atoms with Gasteiger partial charge >= 0.3 is 0 Å². The van der Waals surface area contributed by atoms with Crippen LogP contribution in [-0.4, -0.2) is 22.0 Å². The molecule has 3 aromatic rings. The van der Waals surface area contributed by atoms with Gasteiger partial charge in [-0.1, -0.05) is 42.3 Å². The zero-order chi connectivity index (χ0) is 21.5. The maximum Gasteiger partial charge on any atom is 0.255 e. The van der Waals surface area contributed by atoms with Crippen LogP contribution in [0.3, 0.4) is 0 Å². The number of aromatic nitrogens is 1. The van der Waals surface area contributed by atoms with Crippen molar-refractivity contribution < 1.29 is 9.59 Å². The van der Waals surface area contributed by atoms with Crippen molar-refractivity contribution in [3.8, 4) is 0 Å². The fourth-order valence-corrected chi connectivity index (χ4v) is 3.90. The fraction of sp³-hybridized carbons (Fsp3) is 0.174. The number of carbonyl (C=O) groups is 2. The van der Waals surface area contributed by atoms with E-state index in [1.807, 2.05) is 56.3 Å². The standard InChI is InChI=1S/C23H22ClN3O2S/c1-3-20(23(29)27-21-11-10-17(24)14-25-21)30-19-9-5-8-18(13-19)26-22(28)16-7-4-6-15(2)12-16/h4-14,20H,3H2,1-2H3,(H,26,28)(H,25,27,29). The summed E-state index contributed by atoms with van der Waals surface area (Å²) in [6, 6.07) is 18.3. The third-order valence-corrected chi connectivity index (χ3v) is 5.87. The van der Waals surface area contributed by atoms with Gasteiger partial charge in [-0.15, -0.1) is 11.8 Å². The first-order valence-electron chi connectivity index (χ1n) is 9.51. The number of benzene rings is 2. The minimum absolute atomic E-state index is 0.133. The highest BCUT2D eigenvalue weighted by Gasteiger charge is 2.19. The van der Waals surface area contributed by atoms with Crippen LogP contribution in [0.4, 0.5) is 11.5 Å². The van der Waals surface area contributed by atoms with Gasteiger partial charge in [0.2, 0.25) is 5.91 Å². The molecule has 3 rings (SSSR count). The van der Waals surface area contributed by atoms with Gasteiger partial charge in [-0.25, -0.2) is 4.98 Å². The van der Waals surface area contributed by atoms with Gasteiger partial charge in [-0.3, -0.25) is 9.59 Å². The summed E-state index contributed by atoms with van der Waals surface area (Å²) in [7, 11) is 0. The molecule has 2 amide bonds. The molecule has 0 spiro atoms. The number of anilines is 2. The number of carbonyl (C=O) groups excluding carboxylic acids is 2. The molecule has 5 nitrogen and oxygen atoms in total. The second-order valence-electron chi connectivity index (χ2n) is 6.72. The zero-order valence-corrected chi connectivity index (χ0v) is 18.3. The van der Waals surface area contributed by atoms with E-state index in [2.05, 4.69) is 15.6 Å². The molecule has 0 aliphatic heterocycles. The van der Waals surface area contributed by atoms with Crippen LogP contribution in [0.2, 0.25) is 5.02 Å². The van der Waals surface area contributed by atoms with Gasteiger partial charge in [0.05, 0.1) is 10.3 Å². The molecule has 0 bridgehead atoms. The van der Waals surface area contributed by atoms with Gasteiger partial charge in [0, 0.05) is 22.3 Å². The van der Waals surface area contributed by atoms with Crippen molar-refractivity contribution in [2.75, 3.05) is 10.6 Å². The summed E-state index contributed by atoms with van der Waals surface area (Å²) in [6.45, 7) is 3.90. The Labute approximate surface area is 185 Å². The van der Waals surface area contributed by atoms with Crippen LogP contribution >= 0.6 is 23.4 Å². The van der Waals surface area contributed by atoms with Crippen LogP contribution in [-0.2, 0) is 4.79 Å². The van der Waals surface area contributed by atoms with Gasteiger partial charge in [0.25, 0.3) is 5.91 Å². The van der Waals surface area contributed by atoms with Crippen LogP contribution < -0.4 is 10.6 Å². The summed E-state index contributed by atoms with van der Waals surface area (Å²) >= 11 is 7.28. The molecule has 1 atom stereocenters. The molecule has 2 N–H and O–H groups in total. The van der Waals surface area contributed by atoms with Gasteiger partial charge in [0.1, 0.15) is 5.82 Å². The molecule has 7 heteroatoms. The van der Waals surface area contributed by atoms with Crippen molar-refractivity contribution in [2.24, 2.45) is 0 Å². The van der Waals surface area contributed by atoms with E-state index in [1.165, 1.54) is 18.0 Å². The molecule has 1 heterocycles. The molecular weight excluding hydrogens is 418 g/mol. The Hall–Kier alpha value is -2.83. The van der Waals surface area contributed by atoms with Gasteiger partial charge in [0.15, 0.2) is 0 Å². The summed E-state index contributed by atoms with van der Waals surface area (Å²) in [6.07, 6.45) is 2.13. The summed E-state index contributed by atoms with van der Waals surface area (Å²) in [5.41, 5.74) is 2.31. The minimum atomic E-state index is -0.301. The lowest BCUT2D eigenvalue weighted by atomic mass is 10.1. The molecule has 0 saturated carbocycles. The number of pyridine rings is 1. The van der Waals surface area contributed by atoms with E-state index in [-0.39, 0.29) is 17.1 Å². The van der Waals surface area contributed by atoms with Crippen LogP contribution in [0, 0.1) is 6.92 Å². The summed E-state index contributed by atoms with van der Waals surface area (Å²) in [4.78, 5) is 30.1. The van der Waals surface area contributed by atoms with Crippen molar-refractivity contribution in [3.05, 3.63) is 83.0 Å². The van der Waals surface area contributed by atoms with Crippen molar-refractivity contribution in [1.29, 1.82) is 0 Å². The highest BCUT2D eigenvalue weighted by Crippen LogP contribution is 2.28. The lowest BCUT2D eigenvalue weighted by molar-refractivity contribution is -0.115. The van der Waals surface area contributed by atoms with Gasteiger partial charge in [-0.2, -0.15) is 0 Å². The molecular formula is C23H22ClN3O2S. The molecule has 30 heavy (non-hydrogen) atoms. The zero-order valence-electron chi connectivity index (χ0n) is 16.7. The first-order chi connectivity index (χ1) is 14.4. The molecule has 2 aromatic carbocycles. The molecule has 1 unspecified atom stereocenters. The predicted octanol–water partition coefficient (Wildman–Crippen LogP) is 5.81. The lowest BCUT2D eigenvalue weighted by Gasteiger charge is -2.15. The largest absolute Gasteiger partial charge is 0.322 e. The van der Waals surface area contributed by atoms with E-state index >= 15 is 0 Å². The SMILES string of the molecule is CCC(Sc1cccc(NC(=O)c2cccc(C)c2)c1)C(=O)Nc1ccc(Cl)cn1. The molecule has 0 aliphatic rings. The number of amides is 2. The second-order valence-corrected chi connectivity index (χ2v) is 8.43. The Morgan fingerprint density at radius 3 is 2.57 bits per heavy atom. The summed E-state index contributed by atoms with van der Waals surface area (Å²) in [5, 5.41) is 5.94. The van der Waals surface area contributed by atoms with E-state index in [9.17, 15) is 9.59 Å². The Morgan fingerprint density at radius 1 is 1.07 bits per heavy atom. The number of thioether (sulfide) groups is 1. The van der Waals surface area contributed by atoms with Crippen LogP contribution in [0.15, 0.2) is 71.8 Å². The van der Waals surface area contributed by atoms with E-state index < -0.39 is 0 Å². The fourth-order valence-electron chi connectivity index (χ4n) is 2.78. The van der Waals surface area contributed by atoms with Crippen molar-refractivity contribution in [3.63, 3.8) is 0 Å². The normalized spacial score (nSPS) is 11.6. The average Bonchev–Trinajstić information content (AvgIpc) is 2.74. The number of rotatable bonds is 7. The molecule has 0 aliphatic carbocycles. The van der Waals surface area contributed by atoms with Crippen molar-refractivity contribution in [2.45, 2.75) is 30.4 Å². The average molecular weight is 440 g/mol. The van der Waals surface area contributed by atoms with E-state index in [0.717, 1.165) is 10.5 Å². The molecule has 154 valence electrons. The number of hydrogen-bond donors (Lipinski definition) is 2. The Morgan fingerprint density at radius 2 is 1.87 bits per heavy atom. The van der Waals surface area contributed by atoms with Crippen LogP contribution in [0.1, 0.15) is 29.3 Å². The van der Waals surface area contributed by atoms with Gasteiger partial charge < -0.3 is 10.6 Å². The third kappa shape index (κ3) is 6.08. The quantitative estimate of drug-likeness (QED) is 0.456. The Balaban J connectivity index is 1.66. The van der Waals surface area contributed by atoms with Crippen LogP contribution in [0.5, 0.6) is 0 Å². The van der Waals surface area contributed by atoms with Crippen molar-refractivity contribution in [1.82, 2.24) is 4.98 Å². The molecule has 0 fully saturated rings. The second kappa shape index (κ2) is 10.3. The maximum atomic E-state index is 12.6. The maximum absolute atomic E-state index is 12.6. The summed E-state index contributed by atoms with van der Waals surface area (Å²) < 4.78 is 0. The molecule has 0 saturated heterocycles. The number of nitrogens with zero attached hydrogens (tertiary/aromatic N) is 1. The first kappa shape index (κ1) is 21.9. The lowest BCUT2D eigenvalue weighted by Crippen LogP contribution is -2.25. The number of aryl methyl sites for hydroxylation is 1. The Kier molecular flexibility index (Phi) is 7.49. The smallest absolute Gasteiger partial charge is 0.255 e. The van der Waals surface area contributed by atoms with Crippen LogP contribution in [0.25, 0.3) is 0 Å². The minimum Gasteiger partial charge on any atom is -0.322 e. The highest BCUT2D eigenvalue weighted by molar-refractivity contribution is 8.00. The number of hydrogen-bond acceptors (Lipinski definition) is 4.